The molecular formula is C35H48N6O4. The van der Waals surface area contributed by atoms with Crippen molar-refractivity contribution in [1.82, 2.24) is 30.6 Å². The molecular weight excluding hydrogens is 568 g/mol. The molecule has 5 rings (SSSR count). The molecule has 10 nitrogen and oxygen atoms in total. The molecule has 1 aromatic carbocycles. The quantitative estimate of drug-likeness (QED) is 0.165. The number of carbonyl (C=O) groups excluding carboxylic acids is 3. The average Bonchev–Trinajstić information content (AvgIpc) is 3.80. The number of hydrogen-bond donors (Lipinski definition) is 5. The fraction of sp³-hybridized carbons (Fsp3) is 0.571. The summed E-state index contributed by atoms with van der Waals surface area (Å²) < 4.78 is 0. The molecule has 242 valence electrons. The first kappa shape index (κ1) is 32.8. The van der Waals surface area contributed by atoms with Gasteiger partial charge in [0, 0.05) is 55.0 Å². The number of H-pyrrole nitrogens is 2. The molecule has 2 amide bonds. The molecule has 5 N–H and O–H groups in total. The Kier molecular flexibility index (Phi) is 12.1. The number of rotatable bonds is 15. The van der Waals surface area contributed by atoms with Gasteiger partial charge in [-0.2, -0.15) is 0 Å². The number of benzene rings is 1. The van der Waals surface area contributed by atoms with Gasteiger partial charge >= 0.3 is 0 Å². The van der Waals surface area contributed by atoms with Crippen molar-refractivity contribution in [3.05, 3.63) is 72.3 Å². The lowest BCUT2D eigenvalue weighted by Gasteiger charge is -2.32. The molecule has 2 aliphatic carbocycles. The minimum absolute atomic E-state index is 0.0149. The van der Waals surface area contributed by atoms with Crippen LogP contribution in [0.25, 0.3) is 0 Å². The fourth-order valence-electron chi connectivity index (χ4n) is 7.10. The molecule has 0 aliphatic heterocycles. The lowest BCUT2D eigenvalue weighted by atomic mass is 9.82. The van der Waals surface area contributed by atoms with Crippen LogP contribution in [0.1, 0.15) is 100 Å². The van der Waals surface area contributed by atoms with E-state index in [1.807, 2.05) is 30.3 Å². The predicted molar refractivity (Wildman–Crippen MR) is 171 cm³/mol. The number of aromatic nitrogens is 4. The van der Waals surface area contributed by atoms with E-state index in [2.05, 4.69) is 30.6 Å². The molecule has 2 heterocycles. The number of imide groups is 1. The van der Waals surface area contributed by atoms with Gasteiger partial charge in [0.1, 0.15) is 17.7 Å². The number of carbonyl (C=O) groups is 3. The van der Waals surface area contributed by atoms with Gasteiger partial charge in [0.2, 0.25) is 11.8 Å². The SMILES string of the molecule is O=C(CC(Cc1ccccc1)C(=O)NC(=O)[C@H](Cc1cnc[nH]1)NC(CC1CCCCC1)[C@H](O)c1ncc[nH]1)C1CCCCC1. The van der Waals surface area contributed by atoms with Crippen LogP contribution in [-0.4, -0.2) is 54.7 Å². The summed E-state index contributed by atoms with van der Waals surface area (Å²) in [6.07, 6.45) is 17.6. The summed E-state index contributed by atoms with van der Waals surface area (Å²) in [5, 5.41) is 17.5. The number of nitrogens with one attached hydrogen (secondary N) is 4. The number of nitrogens with zero attached hydrogens (tertiary/aromatic N) is 2. The van der Waals surface area contributed by atoms with E-state index in [0.717, 1.165) is 69.0 Å². The maximum absolute atomic E-state index is 13.9. The third-order valence-corrected chi connectivity index (χ3v) is 9.65. The first-order valence-corrected chi connectivity index (χ1v) is 16.8. The molecule has 2 saturated carbocycles. The van der Waals surface area contributed by atoms with Crippen molar-refractivity contribution < 1.29 is 19.5 Å². The fourth-order valence-corrected chi connectivity index (χ4v) is 7.10. The van der Waals surface area contributed by atoms with E-state index in [0.29, 0.717) is 24.6 Å². The lowest BCUT2D eigenvalue weighted by Crippen LogP contribution is -2.54. The van der Waals surface area contributed by atoms with Crippen LogP contribution in [0, 0.1) is 17.8 Å². The van der Waals surface area contributed by atoms with Gasteiger partial charge in [-0.3, -0.25) is 25.0 Å². The number of ketones is 1. The zero-order valence-corrected chi connectivity index (χ0v) is 26.1. The number of amides is 2. The normalized spacial score (nSPS) is 19.0. The highest BCUT2D eigenvalue weighted by atomic mass is 16.3. The summed E-state index contributed by atoms with van der Waals surface area (Å²) >= 11 is 0. The molecule has 0 saturated heterocycles. The number of Topliss-reactive ketones (excluding diaryl/α,β-unsaturated/α-hetero) is 1. The lowest BCUT2D eigenvalue weighted by molar-refractivity contribution is -0.137. The third kappa shape index (κ3) is 9.68. The highest BCUT2D eigenvalue weighted by molar-refractivity contribution is 6.00. The average molecular weight is 617 g/mol. The summed E-state index contributed by atoms with van der Waals surface area (Å²) in [7, 11) is 0. The summed E-state index contributed by atoms with van der Waals surface area (Å²) in [6, 6.07) is 8.34. The van der Waals surface area contributed by atoms with Crippen LogP contribution >= 0.6 is 0 Å². The minimum atomic E-state index is -0.964. The van der Waals surface area contributed by atoms with Crippen molar-refractivity contribution >= 4 is 17.6 Å². The Labute approximate surface area is 265 Å². The van der Waals surface area contributed by atoms with Crippen LogP contribution in [0.5, 0.6) is 0 Å². The second kappa shape index (κ2) is 16.6. The standard InChI is InChI=1S/C35H48N6O4/c42-31(26-14-8-3-9-15-26)20-27(18-24-10-4-1-5-11-24)34(44)41-35(45)30(21-28-22-36-23-39-28)40-29(19-25-12-6-2-7-13-25)32(43)33-37-16-17-38-33/h1,4-5,10-11,16-17,22-23,25-27,29-30,32,40,43H,2-3,6-9,12-15,18-21H2,(H,36,39)(H,37,38)(H,41,44,45)/t27?,29?,30-,32-/m0/s1. The van der Waals surface area contributed by atoms with Gasteiger partial charge in [0.05, 0.1) is 12.4 Å². The maximum atomic E-state index is 13.9. The second-order valence-corrected chi connectivity index (χ2v) is 13.0. The van der Waals surface area contributed by atoms with Crippen LogP contribution in [-0.2, 0) is 27.2 Å². The number of aliphatic hydroxyl groups excluding tert-OH is 1. The molecule has 2 aromatic heterocycles. The Morgan fingerprint density at radius 1 is 0.911 bits per heavy atom. The van der Waals surface area contributed by atoms with Gasteiger partial charge in [0.25, 0.3) is 0 Å². The monoisotopic (exact) mass is 616 g/mol. The van der Waals surface area contributed by atoms with Crippen molar-refractivity contribution in [3.8, 4) is 0 Å². The molecule has 0 spiro atoms. The molecule has 2 aliphatic rings. The van der Waals surface area contributed by atoms with E-state index in [1.165, 1.54) is 6.42 Å². The van der Waals surface area contributed by atoms with Gasteiger partial charge in [-0.05, 0) is 37.2 Å². The van der Waals surface area contributed by atoms with E-state index in [4.69, 9.17) is 0 Å². The number of aliphatic hydroxyl groups is 1. The van der Waals surface area contributed by atoms with Crippen molar-refractivity contribution in [2.24, 2.45) is 17.8 Å². The Morgan fingerprint density at radius 3 is 2.31 bits per heavy atom. The molecule has 0 radical (unpaired) electrons. The Bertz CT molecular complexity index is 1320. The van der Waals surface area contributed by atoms with Gasteiger partial charge in [-0.25, -0.2) is 9.97 Å². The van der Waals surface area contributed by atoms with Crippen molar-refractivity contribution in [3.63, 3.8) is 0 Å². The Morgan fingerprint density at radius 2 is 1.64 bits per heavy atom. The third-order valence-electron chi connectivity index (χ3n) is 9.65. The van der Waals surface area contributed by atoms with Gasteiger partial charge < -0.3 is 15.1 Å². The second-order valence-electron chi connectivity index (χ2n) is 13.0. The molecule has 2 unspecified atom stereocenters. The largest absolute Gasteiger partial charge is 0.384 e. The highest BCUT2D eigenvalue weighted by Gasteiger charge is 2.34. The van der Waals surface area contributed by atoms with Crippen molar-refractivity contribution in [2.45, 2.75) is 108 Å². The van der Waals surface area contributed by atoms with E-state index in [1.54, 1.807) is 24.9 Å². The van der Waals surface area contributed by atoms with Crippen LogP contribution in [0.2, 0.25) is 0 Å². The van der Waals surface area contributed by atoms with Gasteiger partial charge in [-0.15, -0.1) is 0 Å². The summed E-state index contributed by atoms with van der Waals surface area (Å²) in [5.41, 5.74) is 1.68. The first-order valence-electron chi connectivity index (χ1n) is 16.8. The molecule has 45 heavy (non-hydrogen) atoms. The summed E-state index contributed by atoms with van der Waals surface area (Å²) in [4.78, 5) is 55.6. The summed E-state index contributed by atoms with van der Waals surface area (Å²) in [6.45, 7) is 0. The van der Waals surface area contributed by atoms with Crippen molar-refractivity contribution in [1.29, 1.82) is 0 Å². The number of hydrogen-bond acceptors (Lipinski definition) is 7. The van der Waals surface area contributed by atoms with Crippen LogP contribution < -0.4 is 10.6 Å². The zero-order chi connectivity index (χ0) is 31.4. The van der Waals surface area contributed by atoms with Crippen LogP contribution in [0.15, 0.2) is 55.2 Å². The van der Waals surface area contributed by atoms with Crippen molar-refractivity contribution in [2.75, 3.05) is 0 Å². The Balaban J connectivity index is 1.33. The van der Waals surface area contributed by atoms with E-state index in [-0.39, 0.29) is 24.5 Å². The molecule has 3 aromatic rings. The predicted octanol–water partition coefficient (Wildman–Crippen LogP) is 4.75. The van der Waals surface area contributed by atoms with Gasteiger partial charge in [0.15, 0.2) is 0 Å². The number of imidazole rings is 2. The zero-order valence-electron chi connectivity index (χ0n) is 26.1. The smallest absolute Gasteiger partial charge is 0.244 e. The molecule has 2 fully saturated rings. The topological polar surface area (TPSA) is 153 Å². The van der Waals surface area contributed by atoms with Crippen LogP contribution in [0.3, 0.4) is 0 Å². The number of aromatic amines is 2. The van der Waals surface area contributed by atoms with E-state index >= 15 is 0 Å². The minimum Gasteiger partial charge on any atom is -0.384 e. The van der Waals surface area contributed by atoms with E-state index < -0.39 is 35.9 Å². The molecule has 4 atom stereocenters. The van der Waals surface area contributed by atoms with Crippen LogP contribution in [0.4, 0.5) is 0 Å². The Hall–Kier alpha value is -3.63. The van der Waals surface area contributed by atoms with Gasteiger partial charge in [-0.1, -0.05) is 81.7 Å². The van der Waals surface area contributed by atoms with E-state index in [9.17, 15) is 19.5 Å². The maximum Gasteiger partial charge on any atom is 0.244 e. The molecule has 10 heteroatoms. The summed E-state index contributed by atoms with van der Waals surface area (Å²) in [5.74, 6) is -0.648. The first-order chi connectivity index (χ1) is 22.0. The highest BCUT2D eigenvalue weighted by Crippen LogP contribution is 2.31. The molecule has 0 bridgehead atoms.